The first-order valence-corrected chi connectivity index (χ1v) is 6.27. The summed E-state index contributed by atoms with van der Waals surface area (Å²) in [5.74, 6) is 0.937. The zero-order valence-corrected chi connectivity index (χ0v) is 10.4. The molecule has 0 aliphatic carbocycles. The van der Waals surface area contributed by atoms with Crippen LogP contribution in [-0.4, -0.2) is 18.3 Å². The topological polar surface area (TPSA) is 44.5 Å². The van der Waals surface area contributed by atoms with E-state index in [0.717, 1.165) is 30.8 Å². The Hall–Kier alpha value is -1.06. The Labute approximate surface area is 102 Å². The van der Waals surface area contributed by atoms with Gasteiger partial charge >= 0.3 is 0 Å². The highest BCUT2D eigenvalue weighted by Crippen LogP contribution is 2.44. The van der Waals surface area contributed by atoms with Crippen molar-refractivity contribution >= 4 is 0 Å². The summed E-state index contributed by atoms with van der Waals surface area (Å²) in [6.45, 7) is 4.94. The molecular formula is C14H19NO2. The Morgan fingerprint density at radius 3 is 2.94 bits per heavy atom. The Bertz CT molecular complexity index is 446. The van der Waals surface area contributed by atoms with Crippen LogP contribution in [0.25, 0.3) is 0 Å². The van der Waals surface area contributed by atoms with Gasteiger partial charge in [0, 0.05) is 24.4 Å². The second-order valence-corrected chi connectivity index (χ2v) is 5.28. The first kappa shape index (κ1) is 11.1. The maximum absolute atomic E-state index is 6.30. The highest BCUT2D eigenvalue weighted by Gasteiger charge is 2.48. The summed E-state index contributed by atoms with van der Waals surface area (Å²) in [6.07, 6.45) is 1.92. The highest BCUT2D eigenvalue weighted by atomic mass is 16.6. The molecule has 17 heavy (non-hydrogen) atoms. The number of hydrogen-bond donors (Lipinski definition) is 1. The van der Waals surface area contributed by atoms with Gasteiger partial charge in [-0.05, 0) is 19.9 Å². The van der Waals surface area contributed by atoms with Gasteiger partial charge in [0.05, 0.1) is 12.7 Å². The lowest BCUT2D eigenvalue weighted by Crippen LogP contribution is -2.47. The van der Waals surface area contributed by atoms with Crippen LogP contribution in [0.3, 0.4) is 0 Å². The van der Waals surface area contributed by atoms with Crippen LogP contribution in [0.2, 0.25) is 0 Å². The third kappa shape index (κ3) is 1.65. The lowest BCUT2D eigenvalue weighted by Gasteiger charge is -2.40. The average molecular weight is 233 g/mol. The largest absolute Gasteiger partial charge is 0.484 e. The standard InChI is InChI=1S/C14H19NO2/c1-9-3-4-13-11(7-9)12(15)8-14(17-13)5-6-16-10(14)2/h3-4,7,10,12H,5-6,8,15H2,1-2H3. The minimum atomic E-state index is -0.207. The minimum absolute atomic E-state index is 0.0581. The molecule has 2 aliphatic heterocycles. The van der Waals surface area contributed by atoms with Crippen LogP contribution < -0.4 is 10.5 Å². The number of aryl methyl sites for hydroxylation is 1. The van der Waals surface area contributed by atoms with E-state index in [1.54, 1.807) is 0 Å². The van der Waals surface area contributed by atoms with E-state index in [1.807, 2.05) is 6.07 Å². The van der Waals surface area contributed by atoms with Gasteiger partial charge in [-0.3, -0.25) is 0 Å². The van der Waals surface area contributed by atoms with Gasteiger partial charge in [0.1, 0.15) is 11.4 Å². The molecule has 1 spiro atoms. The molecule has 0 amide bonds. The van der Waals surface area contributed by atoms with Crippen LogP contribution in [0.1, 0.15) is 36.9 Å². The monoisotopic (exact) mass is 233 g/mol. The first-order valence-electron chi connectivity index (χ1n) is 6.27. The molecule has 3 nitrogen and oxygen atoms in total. The molecule has 2 N–H and O–H groups in total. The van der Waals surface area contributed by atoms with Gasteiger partial charge in [0.15, 0.2) is 0 Å². The molecule has 0 radical (unpaired) electrons. The van der Waals surface area contributed by atoms with Gasteiger partial charge < -0.3 is 15.2 Å². The molecule has 2 heterocycles. The Kier molecular flexibility index (Phi) is 2.42. The van der Waals surface area contributed by atoms with Crippen molar-refractivity contribution in [1.29, 1.82) is 0 Å². The average Bonchev–Trinajstić information content (AvgIpc) is 2.62. The Morgan fingerprint density at radius 2 is 2.24 bits per heavy atom. The summed E-state index contributed by atoms with van der Waals surface area (Å²) in [6, 6.07) is 6.30. The summed E-state index contributed by atoms with van der Waals surface area (Å²) in [5, 5.41) is 0. The second kappa shape index (κ2) is 3.72. The number of fused-ring (bicyclic) bond motifs is 1. The summed E-state index contributed by atoms with van der Waals surface area (Å²) in [4.78, 5) is 0. The lowest BCUT2D eigenvalue weighted by molar-refractivity contribution is -0.0275. The molecule has 1 saturated heterocycles. The van der Waals surface area contributed by atoms with Crippen molar-refractivity contribution in [2.75, 3.05) is 6.61 Å². The van der Waals surface area contributed by atoms with Crippen LogP contribution in [0, 0.1) is 6.92 Å². The molecule has 0 bridgehead atoms. The summed E-state index contributed by atoms with van der Waals surface area (Å²) in [5.41, 5.74) is 8.45. The van der Waals surface area contributed by atoms with Crippen molar-refractivity contribution < 1.29 is 9.47 Å². The first-order chi connectivity index (χ1) is 8.11. The SMILES string of the molecule is Cc1ccc2c(c1)C(N)CC1(CCOC1C)O2. The molecule has 3 unspecified atom stereocenters. The molecule has 2 aliphatic rings. The molecule has 3 heteroatoms. The molecule has 1 fully saturated rings. The van der Waals surface area contributed by atoms with Gasteiger partial charge in [0.2, 0.25) is 0 Å². The van der Waals surface area contributed by atoms with Gasteiger partial charge in [-0.15, -0.1) is 0 Å². The van der Waals surface area contributed by atoms with Gasteiger partial charge in [-0.25, -0.2) is 0 Å². The van der Waals surface area contributed by atoms with Crippen LogP contribution in [0.15, 0.2) is 18.2 Å². The van der Waals surface area contributed by atoms with E-state index in [2.05, 4.69) is 26.0 Å². The van der Waals surface area contributed by atoms with E-state index < -0.39 is 0 Å². The van der Waals surface area contributed by atoms with E-state index in [1.165, 1.54) is 5.56 Å². The van der Waals surface area contributed by atoms with E-state index >= 15 is 0 Å². The van der Waals surface area contributed by atoms with Crippen molar-refractivity contribution in [3.05, 3.63) is 29.3 Å². The van der Waals surface area contributed by atoms with Crippen molar-refractivity contribution in [3.63, 3.8) is 0 Å². The Morgan fingerprint density at radius 1 is 1.41 bits per heavy atom. The zero-order valence-electron chi connectivity index (χ0n) is 10.4. The van der Waals surface area contributed by atoms with Crippen LogP contribution in [0.4, 0.5) is 0 Å². The predicted molar refractivity (Wildman–Crippen MR) is 66.1 cm³/mol. The van der Waals surface area contributed by atoms with E-state index in [4.69, 9.17) is 15.2 Å². The number of nitrogens with two attached hydrogens (primary N) is 1. The van der Waals surface area contributed by atoms with Gasteiger partial charge in [-0.2, -0.15) is 0 Å². The normalized spacial score (nSPS) is 35.7. The second-order valence-electron chi connectivity index (χ2n) is 5.28. The Balaban J connectivity index is 2.01. The summed E-state index contributed by atoms with van der Waals surface area (Å²) >= 11 is 0. The molecule has 0 saturated carbocycles. The van der Waals surface area contributed by atoms with Crippen molar-refractivity contribution in [2.45, 2.75) is 44.4 Å². The molecule has 3 rings (SSSR count). The quantitative estimate of drug-likeness (QED) is 0.748. The van der Waals surface area contributed by atoms with Crippen LogP contribution in [-0.2, 0) is 4.74 Å². The van der Waals surface area contributed by atoms with E-state index in [-0.39, 0.29) is 17.7 Å². The maximum Gasteiger partial charge on any atom is 0.139 e. The van der Waals surface area contributed by atoms with E-state index in [9.17, 15) is 0 Å². The van der Waals surface area contributed by atoms with Crippen molar-refractivity contribution in [2.24, 2.45) is 5.73 Å². The van der Waals surface area contributed by atoms with Gasteiger partial charge in [0.25, 0.3) is 0 Å². The van der Waals surface area contributed by atoms with Crippen molar-refractivity contribution in [3.8, 4) is 5.75 Å². The van der Waals surface area contributed by atoms with Gasteiger partial charge in [-0.1, -0.05) is 17.7 Å². The number of benzene rings is 1. The molecule has 0 aromatic heterocycles. The smallest absolute Gasteiger partial charge is 0.139 e. The minimum Gasteiger partial charge on any atom is -0.484 e. The molecule has 1 aromatic rings. The molecule has 92 valence electrons. The fourth-order valence-electron chi connectivity index (χ4n) is 2.96. The lowest BCUT2D eigenvalue weighted by atomic mass is 9.83. The third-order valence-corrected chi connectivity index (χ3v) is 4.08. The predicted octanol–water partition coefficient (Wildman–Crippen LogP) is 2.32. The van der Waals surface area contributed by atoms with Crippen LogP contribution >= 0.6 is 0 Å². The fraction of sp³-hybridized carbons (Fsp3) is 0.571. The maximum atomic E-state index is 6.30. The number of hydrogen-bond acceptors (Lipinski definition) is 3. The summed E-state index contributed by atoms with van der Waals surface area (Å²) in [7, 11) is 0. The zero-order chi connectivity index (χ0) is 12.0. The summed E-state index contributed by atoms with van der Waals surface area (Å²) < 4.78 is 11.9. The van der Waals surface area contributed by atoms with E-state index in [0.29, 0.717) is 0 Å². The highest BCUT2D eigenvalue weighted by molar-refractivity contribution is 5.41. The number of rotatable bonds is 0. The van der Waals surface area contributed by atoms with Crippen molar-refractivity contribution in [1.82, 2.24) is 0 Å². The third-order valence-electron chi connectivity index (χ3n) is 4.08. The fourth-order valence-corrected chi connectivity index (χ4v) is 2.96. The molecule has 1 aromatic carbocycles. The molecular weight excluding hydrogens is 214 g/mol. The van der Waals surface area contributed by atoms with Crippen LogP contribution in [0.5, 0.6) is 5.75 Å². The molecule has 3 atom stereocenters. The number of ether oxygens (including phenoxy) is 2.